The van der Waals surface area contributed by atoms with Gasteiger partial charge in [0.2, 0.25) is 0 Å². The lowest BCUT2D eigenvalue weighted by Gasteiger charge is -2.20. The Hall–Kier alpha value is -2.77. The lowest BCUT2D eigenvalue weighted by atomic mass is 10.2. The first-order chi connectivity index (χ1) is 14.8. The standard InChI is InChI=1S/C24H26N2O3S2/c1-18-4-12-22(13-5-18)30-17-16-25-24(27)20-8-10-21(11-9-20)26(3)31(28,29)23-14-6-19(2)7-15-23/h4-15H,16-17H2,1-3H3,(H,25,27). The molecular weight excluding hydrogens is 428 g/mol. The fourth-order valence-corrected chi connectivity index (χ4v) is 4.86. The summed E-state index contributed by atoms with van der Waals surface area (Å²) in [5.41, 5.74) is 3.20. The van der Waals surface area contributed by atoms with Crippen LogP contribution in [0, 0.1) is 13.8 Å². The van der Waals surface area contributed by atoms with E-state index in [1.54, 1.807) is 60.3 Å². The van der Waals surface area contributed by atoms with Crippen molar-refractivity contribution in [3.05, 3.63) is 89.5 Å². The van der Waals surface area contributed by atoms with Gasteiger partial charge in [0.25, 0.3) is 15.9 Å². The first-order valence-corrected chi connectivity index (χ1v) is 12.3. The molecular formula is C24H26N2O3S2. The SMILES string of the molecule is Cc1ccc(SCCNC(=O)c2ccc(N(C)S(=O)(=O)c3ccc(C)cc3)cc2)cc1. The van der Waals surface area contributed by atoms with Gasteiger partial charge in [-0.15, -0.1) is 11.8 Å². The molecule has 0 saturated carbocycles. The van der Waals surface area contributed by atoms with Crippen LogP contribution in [0.15, 0.2) is 82.6 Å². The van der Waals surface area contributed by atoms with Crippen molar-refractivity contribution < 1.29 is 13.2 Å². The summed E-state index contributed by atoms with van der Waals surface area (Å²) in [6.45, 7) is 4.50. The first kappa shape index (κ1) is 22.9. The van der Waals surface area contributed by atoms with Crippen molar-refractivity contribution >= 4 is 33.4 Å². The molecule has 0 bridgehead atoms. The summed E-state index contributed by atoms with van der Waals surface area (Å²) in [6.07, 6.45) is 0. The number of nitrogens with one attached hydrogen (secondary N) is 1. The molecule has 5 nitrogen and oxygen atoms in total. The Kier molecular flexibility index (Phi) is 7.41. The Balaban J connectivity index is 1.56. The van der Waals surface area contributed by atoms with Gasteiger partial charge in [-0.05, 0) is 62.4 Å². The third-order valence-corrected chi connectivity index (χ3v) is 7.66. The maximum absolute atomic E-state index is 12.8. The second-order valence-electron chi connectivity index (χ2n) is 7.25. The molecule has 0 atom stereocenters. The van der Waals surface area contributed by atoms with Crippen LogP contribution in [0.1, 0.15) is 21.5 Å². The van der Waals surface area contributed by atoms with Crippen LogP contribution in [-0.4, -0.2) is 33.7 Å². The van der Waals surface area contributed by atoms with Crippen LogP contribution in [0.25, 0.3) is 0 Å². The van der Waals surface area contributed by atoms with Crippen molar-refractivity contribution in [3.63, 3.8) is 0 Å². The molecule has 3 aromatic rings. The van der Waals surface area contributed by atoms with Gasteiger partial charge in [-0.25, -0.2) is 8.42 Å². The third-order valence-electron chi connectivity index (χ3n) is 4.85. The molecule has 0 spiro atoms. The van der Waals surface area contributed by atoms with E-state index in [4.69, 9.17) is 0 Å². The Labute approximate surface area is 188 Å². The van der Waals surface area contributed by atoms with Gasteiger partial charge in [-0.1, -0.05) is 35.4 Å². The highest BCUT2D eigenvalue weighted by Gasteiger charge is 2.21. The van der Waals surface area contributed by atoms with Crippen molar-refractivity contribution in [2.75, 3.05) is 23.7 Å². The minimum atomic E-state index is -3.66. The average molecular weight is 455 g/mol. The zero-order valence-electron chi connectivity index (χ0n) is 17.8. The second kappa shape index (κ2) is 10.0. The van der Waals surface area contributed by atoms with Gasteiger partial charge in [-0.3, -0.25) is 9.10 Å². The number of benzene rings is 3. The van der Waals surface area contributed by atoms with Gasteiger partial charge in [0, 0.05) is 29.8 Å². The number of rotatable bonds is 8. The van der Waals surface area contributed by atoms with E-state index in [0.717, 1.165) is 11.3 Å². The van der Waals surface area contributed by atoms with Gasteiger partial charge >= 0.3 is 0 Å². The van der Waals surface area contributed by atoms with E-state index >= 15 is 0 Å². The molecule has 0 unspecified atom stereocenters. The molecule has 3 aromatic carbocycles. The Morgan fingerprint density at radius 3 is 2.00 bits per heavy atom. The van der Waals surface area contributed by atoms with E-state index in [9.17, 15) is 13.2 Å². The summed E-state index contributed by atoms with van der Waals surface area (Å²) in [5, 5.41) is 2.90. The van der Waals surface area contributed by atoms with Crippen molar-refractivity contribution in [3.8, 4) is 0 Å². The number of carbonyl (C=O) groups excluding carboxylic acids is 1. The number of amides is 1. The predicted molar refractivity (Wildman–Crippen MR) is 127 cm³/mol. The third kappa shape index (κ3) is 5.89. The minimum Gasteiger partial charge on any atom is -0.351 e. The van der Waals surface area contributed by atoms with Gasteiger partial charge in [0.05, 0.1) is 10.6 Å². The fraction of sp³-hybridized carbons (Fsp3) is 0.208. The molecule has 0 fully saturated rings. The normalized spacial score (nSPS) is 11.2. The maximum Gasteiger partial charge on any atom is 0.264 e. The van der Waals surface area contributed by atoms with E-state index in [2.05, 4.69) is 36.5 Å². The van der Waals surface area contributed by atoms with Crippen LogP contribution in [0.5, 0.6) is 0 Å². The minimum absolute atomic E-state index is 0.180. The monoisotopic (exact) mass is 454 g/mol. The summed E-state index contributed by atoms with van der Waals surface area (Å²) >= 11 is 1.69. The van der Waals surface area contributed by atoms with Gasteiger partial charge in [0.1, 0.15) is 0 Å². The van der Waals surface area contributed by atoms with Gasteiger partial charge in [0.15, 0.2) is 0 Å². The number of carbonyl (C=O) groups is 1. The van der Waals surface area contributed by atoms with E-state index in [-0.39, 0.29) is 10.8 Å². The summed E-state index contributed by atoms with van der Waals surface area (Å²) < 4.78 is 26.9. The molecule has 31 heavy (non-hydrogen) atoms. The van der Waals surface area contributed by atoms with E-state index < -0.39 is 10.0 Å². The quantitative estimate of drug-likeness (QED) is 0.397. The molecule has 0 radical (unpaired) electrons. The van der Waals surface area contributed by atoms with Crippen molar-refractivity contribution in [2.24, 2.45) is 0 Å². The van der Waals surface area contributed by atoms with Crippen LogP contribution in [0.2, 0.25) is 0 Å². The highest BCUT2D eigenvalue weighted by atomic mass is 32.2. The van der Waals surface area contributed by atoms with Crippen LogP contribution in [-0.2, 0) is 10.0 Å². The van der Waals surface area contributed by atoms with Crippen LogP contribution < -0.4 is 9.62 Å². The van der Waals surface area contributed by atoms with Crippen LogP contribution in [0.3, 0.4) is 0 Å². The summed E-state index contributed by atoms with van der Waals surface area (Å²) in [5.74, 6) is 0.588. The number of sulfonamides is 1. The zero-order chi connectivity index (χ0) is 22.4. The maximum atomic E-state index is 12.8. The fourth-order valence-electron chi connectivity index (χ4n) is 2.90. The molecule has 7 heteroatoms. The van der Waals surface area contributed by atoms with Crippen LogP contribution >= 0.6 is 11.8 Å². The molecule has 0 aliphatic rings. The molecule has 0 aromatic heterocycles. The molecule has 0 aliphatic carbocycles. The zero-order valence-corrected chi connectivity index (χ0v) is 19.5. The highest BCUT2D eigenvalue weighted by Crippen LogP contribution is 2.23. The molecule has 1 amide bonds. The lowest BCUT2D eigenvalue weighted by Crippen LogP contribution is -2.27. The lowest BCUT2D eigenvalue weighted by molar-refractivity contribution is 0.0956. The Bertz CT molecular complexity index is 1120. The Morgan fingerprint density at radius 2 is 1.42 bits per heavy atom. The second-order valence-corrected chi connectivity index (χ2v) is 10.4. The summed E-state index contributed by atoms with van der Waals surface area (Å²) in [6, 6.07) is 21.6. The summed E-state index contributed by atoms with van der Waals surface area (Å²) in [7, 11) is -2.15. The predicted octanol–water partition coefficient (Wildman–Crippen LogP) is 4.65. The Morgan fingerprint density at radius 1 is 0.871 bits per heavy atom. The largest absolute Gasteiger partial charge is 0.351 e. The molecule has 0 saturated heterocycles. The number of aryl methyl sites for hydroxylation is 2. The number of nitrogens with zero attached hydrogens (tertiary/aromatic N) is 1. The number of thioether (sulfide) groups is 1. The number of hydrogen-bond acceptors (Lipinski definition) is 4. The molecule has 0 aliphatic heterocycles. The number of hydrogen-bond donors (Lipinski definition) is 1. The molecule has 162 valence electrons. The molecule has 3 rings (SSSR count). The topological polar surface area (TPSA) is 66.5 Å². The van der Waals surface area contributed by atoms with Crippen molar-refractivity contribution in [1.82, 2.24) is 5.32 Å². The van der Waals surface area contributed by atoms with E-state index in [1.165, 1.54) is 21.8 Å². The van der Waals surface area contributed by atoms with Crippen LogP contribution in [0.4, 0.5) is 5.69 Å². The van der Waals surface area contributed by atoms with E-state index in [1.807, 2.05) is 6.92 Å². The molecule has 0 heterocycles. The number of anilines is 1. The smallest absolute Gasteiger partial charge is 0.264 e. The highest BCUT2D eigenvalue weighted by molar-refractivity contribution is 7.99. The van der Waals surface area contributed by atoms with E-state index in [0.29, 0.717) is 17.8 Å². The summed E-state index contributed by atoms with van der Waals surface area (Å²) in [4.78, 5) is 13.8. The average Bonchev–Trinajstić information content (AvgIpc) is 2.77. The van der Waals surface area contributed by atoms with Crippen molar-refractivity contribution in [1.29, 1.82) is 0 Å². The first-order valence-electron chi connectivity index (χ1n) is 9.91. The van der Waals surface area contributed by atoms with Gasteiger partial charge < -0.3 is 5.32 Å². The van der Waals surface area contributed by atoms with Gasteiger partial charge in [-0.2, -0.15) is 0 Å². The molecule has 1 N–H and O–H groups in total. The van der Waals surface area contributed by atoms with Crippen molar-refractivity contribution in [2.45, 2.75) is 23.6 Å².